The third kappa shape index (κ3) is 12.8. The van der Waals surface area contributed by atoms with Crippen LogP contribution >= 0.6 is 0 Å². The minimum atomic E-state index is -1.74. The Labute approximate surface area is 255 Å². The standard InChI is InChI=1S/C15H26O6.C12H22O11/c1-4-7-13(16)19-10-12(21-15(18)9-6-3)11-20-14(17)8-5-2;13-1-3-5(15)6(16)9(19)12(22-3)23-10-4(2-14)21-11(20)8(18)7(10)17/h12H,4-11H2,1-3H3;3-20H,1-2H2/t;3-,4-,5+,6+,7-,8-,9-,10-,11-,12+/m.1/s1. The summed E-state index contributed by atoms with van der Waals surface area (Å²) in [6, 6.07) is 0. The Bertz CT molecular complexity index is 817. The average Bonchev–Trinajstić information content (AvgIpc) is 2.99. The zero-order valence-corrected chi connectivity index (χ0v) is 25.2. The predicted octanol–water partition coefficient (Wildman–Crippen LogP) is -3.01. The molecule has 0 aromatic carbocycles. The number of hydrogen-bond acceptors (Lipinski definition) is 17. The summed E-state index contributed by atoms with van der Waals surface area (Å²) >= 11 is 0. The van der Waals surface area contributed by atoms with Gasteiger partial charge in [-0.15, -0.1) is 0 Å². The van der Waals surface area contributed by atoms with Gasteiger partial charge in [-0.1, -0.05) is 20.8 Å². The van der Waals surface area contributed by atoms with Crippen LogP contribution in [0.25, 0.3) is 0 Å². The maximum absolute atomic E-state index is 11.5. The van der Waals surface area contributed by atoms with Crippen molar-refractivity contribution >= 4 is 17.9 Å². The number of esters is 3. The highest BCUT2D eigenvalue weighted by molar-refractivity contribution is 5.71. The van der Waals surface area contributed by atoms with E-state index in [9.17, 15) is 50.1 Å². The maximum Gasteiger partial charge on any atom is 0.306 e. The third-order valence-electron chi connectivity index (χ3n) is 6.50. The van der Waals surface area contributed by atoms with Gasteiger partial charge in [-0.05, 0) is 19.3 Å². The van der Waals surface area contributed by atoms with E-state index in [-0.39, 0.29) is 37.5 Å². The van der Waals surface area contributed by atoms with Crippen molar-refractivity contribution in [3.8, 4) is 0 Å². The molecular weight excluding hydrogens is 596 g/mol. The van der Waals surface area contributed by atoms with Crippen LogP contribution in [0.5, 0.6) is 0 Å². The van der Waals surface area contributed by atoms with Gasteiger partial charge in [0.2, 0.25) is 0 Å². The van der Waals surface area contributed by atoms with Crippen LogP contribution in [-0.2, 0) is 42.8 Å². The molecule has 0 bridgehead atoms. The molecule has 2 rings (SSSR count). The van der Waals surface area contributed by atoms with Gasteiger partial charge in [-0.2, -0.15) is 0 Å². The van der Waals surface area contributed by atoms with Gasteiger partial charge in [0.15, 0.2) is 18.7 Å². The van der Waals surface area contributed by atoms with Crippen LogP contribution in [0.2, 0.25) is 0 Å². The van der Waals surface area contributed by atoms with E-state index in [1.807, 2.05) is 20.8 Å². The fraction of sp³-hybridized carbons (Fsp3) is 0.889. The molecule has 44 heavy (non-hydrogen) atoms. The number of aliphatic hydroxyl groups excluding tert-OH is 8. The second kappa shape index (κ2) is 20.9. The molecule has 258 valence electrons. The fourth-order valence-corrected chi connectivity index (χ4v) is 4.06. The first kappa shape index (κ1) is 40.0. The quantitative estimate of drug-likeness (QED) is 0.0651. The van der Waals surface area contributed by atoms with Crippen LogP contribution < -0.4 is 0 Å². The van der Waals surface area contributed by atoms with E-state index < -0.39 is 80.7 Å². The van der Waals surface area contributed by atoms with Gasteiger partial charge in [-0.25, -0.2) is 0 Å². The summed E-state index contributed by atoms with van der Waals surface area (Å²) in [6.07, 6.45) is -13.4. The number of ether oxygens (including phenoxy) is 6. The van der Waals surface area contributed by atoms with Gasteiger partial charge in [0, 0.05) is 19.3 Å². The zero-order valence-electron chi connectivity index (χ0n) is 25.2. The molecule has 2 saturated heterocycles. The number of rotatable bonds is 15. The van der Waals surface area contributed by atoms with Gasteiger partial charge in [0.1, 0.15) is 62.0 Å². The molecule has 0 spiro atoms. The first-order valence-electron chi connectivity index (χ1n) is 14.6. The van der Waals surface area contributed by atoms with Crippen molar-refractivity contribution in [2.75, 3.05) is 26.4 Å². The first-order chi connectivity index (χ1) is 20.8. The van der Waals surface area contributed by atoms with E-state index in [0.717, 1.165) is 0 Å². The lowest BCUT2D eigenvalue weighted by atomic mass is 9.97. The summed E-state index contributed by atoms with van der Waals surface area (Å²) in [5.41, 5.74) is 0. The first-order valence-corrected chi connectivity index (χ1v) is 14.6. The molecular formula is C27H48O17. The highest BCUT2D eigenvalue weighted by Crippen LogP contribution is 2.28. The Balaban J connectivity index is 0.000000443. The molecule has 0 aliphatic carbocycles. The highest BCUT2D eigenvalue weighted by atomic mass is 16.7. The largest absolute Gasteiger partial charge is 0.462 e. The van der Waals surface area contributed by atoms with E-state index in [1.165, 1.54) is 0 Å². The van der Waals surface area contributed by atoms with Crippen LogP contribution in [0, 0.1) is 0 Å². The normalized spacial score (nSPS) is 31.9. The van der Waals surface area contributed by atoms with Gasteiger partial charge in [-0.3, -0.25) is 14.4 Å². The van der Waals surface area contributed by atoms with Crippen molar-refractivity contribution in [1.29, 1.82) is 0 Å². The monoisotopic (exact) mass is 644 g/mol. The SMILES string of the molecule is CCCC(=O)OCC(COC(=O)CCC)OC(=O)CCC.OC[C@H]1O[C@@H](O[C@H]2[C@H](O)[C@@H](O)[C@H](O)O[C@@H]2CO)[C@H](O)[C@@H](O)[C@H]1O. The Kier molecular flexibility index (Phi) is 19.0. The molecule has 0 aromatic rings. The van der Waals surface area contributed by atoms with Crippen LogP contribution in [-0.4, -0.2) is 153 Å². The molecule has 0 aromatic heterocycles. The smallest absolute Gasteiger partial charge is 0.306 e. The van der Waals surface area contributed by atoms with Crippen molar-refractivity contribution in [3.63, 3.8) is 0 Å². The summed E-state index contributed by atoms with van der Waals surface area (Å²) in [4.78, 5) is 34.1. The van der Waals surface area contributed by atoms with Crippen molar-refractivity contribution in [3.05, 3.63) is 0 Å². The van der Waals surface area contributed by atoms with Crippen molar-refractivity contribution in [2.45, 2.75) is 127 Å². The van der Waals surface area contributed by atoms with E-state index >= 15 is 0 Å². The minimum Gasteiger partial charge on any atom is -0.462 e. The fourth-order valence-electron chi connectivity index (χ4n) is 4.06. The minimum absolute atomic E-state index is 0.0896. The molecule has 10 atom stereocenters. The van der Waals surface area contributed by atoms with Crippen LogP contribution in [0.15, 0.2) is 0 Å². The molecule has 17 heteroatoms. The maximum atomic E-state index is 11.5. The Morgan fingerprint density at radius 2 is 1.14 bits per heavy atom. The summed E-state index contributed by atoms with van der Waals surface area (Å²) < 4.78 is 30.4. The zero-order chi connectivity index (χ0) is 33.4. The molecule has 0 amide bonds. The molecule has 2 aliphatic heterocycles. The number of hydrogen-bond donors (Lipinski definition) is 8. The van der Waals surface area contributed by atoms with Crippen LogP contribution in [0.1, 0.15) is 59.3 Å². The lowest BCUT2D eigenvalue weighted by molar-refractivity contribution is -0.355. The van der Waals surface area contributed by atoms with Gasteiger partial charge in [0.05, 0.1) is 13.2 Å². The molecule has 2 fully saturated rings. The van der Waals surface area contributed by atoms with Crippen molar-refractivity contribution in [2.24, 2.45) is 0 Å². The van der Waals surface area contributed by atoms with Crippen molar-refractivity contribution < 1.29 is 83.7 Å². The average molecular weight is 645 g/mol. The molecule has 0 saturated carbocycles. The molecule has 0 unspecified atom stereocenters. The summed E-state index contributed by atoms with van der Waals surface area (Å²) in [5.74, 6) is -1.09. The van der Waals surface area contributed by atoms with E-state index in [4.69, 9.17) is 33.5 Å². The van der Waals surface area contributed by atoms with Gasteiger partial charge >= 0.3 is 17.9 Å². The van der Waals surface area contributed by atoms with Crippen LogP contribution in [0.4, 0.5) is 0 Å². The lowest BCUT2D eigenvalue weighted by Crippen LogP contribution is -2.64. The predicted molar refractivity (Wildman–Crippen MR) is 145 cm³/mol. The van der Waals surface area contributed by atoms with E-state index in [1.54, 1.807) is 0 Å². The molecule has 17 nitrogen and oxygen atoms in total. The van der Waals surface area contributed by atoms with E-state index in [0.29, 0.717) is 32.1 Å². The molecule has 2 heterocycles. The molecule has 8 N–H and O–H groups in total. The van der Waals surface area contributed by atoms with Crippen LogP contribution in [0.3, 0.4) is 0 Å². The van der Waals surface area contributed by atoms with E-state index in [2.05, 4.69) is 0 Å². The van der Waals surface area contributed by atoms with Crippen molar-refractivity contribution in [1.82, 2.24) is 0 Å². The third-order valence-corrected chi connectivity index (χ3v) is 6.50. The topological polar surface area (TPSA) is 268 Å². The Morgan fingerprint density at radius 3 is 1.61 bits per heavy atom. The Morgan fingerprint density at radius 1 is 0.636 bits per heavy atom. The lowest BCUT2D eigenvalue weighted by Gasteiger charge is -2.45. The second-order valence-corrected chi connectivity index (χ2v) is 10.3. The molecule has 2 aliphatic rings. The summed E-state index contributed by atoms with van der Waals surface area (Å²) in [5, 5.41) is 76.5. The molecule has 0 radical (unpaired) electrons. The number of aliphatic hydroxyl groups is 8. The highest BCUT2D eigenvalue weighted by Gasteiger charge is 2.50. The second-order valence-electron chi connectivity index (χ2n) is 10.3. The number of carbonyl (C=O) groups is 3. The summed E-state index contributed by atoms with van der Waals surface area (Å²) in [6.45, 7) is 4.07. The van der Waals surface area contributed by atoms with Gasteiger partial charge < -0.3 is 69.3 Å². The van der Waals surface area contributed by atoms with Gasteiger partial charge in [0.25, 0.3) is 0 Å². The number of carbonyl (C=O) groups excluding carboxylic acids is 3. The summed E-state index contributed by atoms with van der Waals surface area (Å²) in [7, 11) is 0. The Hall–Kier alpha value is -2.03.